The highest BCUT2D eigenvalue weighted by Gasteiger charge is 2.08. The van der Waals surface area contributed by atoms with Crippen molar-refractivity contribution in [2.24, 2.45) is 0 Å². The van der Waals surface area contributed by atoms with Gasteiger partial charge < -0.3 is 0 Å². The van der Waals surface area contributed by atoms with Crippen molar-refractivity contribution in [3.63, 3.8) is 0 Å². The summed E-state index contributed by atoms with van der Waals surface area (Å²) in [7, 11) is 1.74. The lowest BCUT2D eigenvalue weighted by Crippen LogP contribution is -2.19. The van der Waals surface area contributed by atoms with Gasteiger partial charge in [-0.2, -0.15) is 5.26 Å². The Balaban J connectivity index is 2.04. The highest BCUT2D eigenvalue weighted by atomic mass is 16.7. The van der Waals surface area contributed by atoms with E-state index in [1.807, 2.05) is 30.3 Å². The molecule has 1 aromatic carbocycles. The molecule has 0 spiro atoms. The Labute approximate surface area is 106 Å². The van der Waals surface area contributed by atoms with Gasteiger partial charge in [0.05, 0.1) is 12.2 Å². The molecule has 0 N–H and O–H groups in total. The normalized spacial score (nSPS) is 9.78. The molecule has 1 heterocycles. The van der Waals surface area contributed by atoms with E-state index in [9.17, 15) is 0 Å². The van der Waals surface area contributed by atoms with E-state index in [4.69, 9.17) is 10.1 Å². The highest BCUT2D eigenvalue weighted by Crippen LogP contribution is 2.15. The van der Waals surface area contributed by atoms with Gasteiger partial charge in [-0.15, -0.1) is 0 Å². The van der Waals surface area contributed by atoms with Gasteiger partial charge in [-0.25, -0.2) is 10.0 Å². The summed E-state index contributed by atoms with van der Waals surface area (Å²) < 4.78 is 0. The Hall–Kier alpha value is -2.38. The van der Waals surface area contributed by atoms with Crippen molar-refractivity contribution < 1.29 is 4.84 Å². The molecule has 0 unspecified atom stereocenters. The van der Waals surface area contributed by atoms with E-state index in [0.717, 1.165) is 5.56 Å². The first kappa shape index (κ1) is 12.1. The quantitative estimate of drug-likeness (QED) is 0.769. The Kier molecular flexibility index (Phi) is 3.90. The molecular weight excluding hydrogens is 226 g/mol. The predicted molar refractivity (Wildman–Crippen MR) is 68.6 cm³/mol. The van der Waals surface area contributed by atoms with Crippen LogP contribution in [0.15, 0.2) is 48.7 Å². The molecular formula is C14H13N3O. The van der Waals surface area contributed by atoms with Gasteiger partial charge in [0.15, 0.2) is 5.82 Å². The largest absolute Gasteiger partial charge is 0.267 e. The lowest BCUT2D eigenvalue weighted by atomic mass is 10.2. The molecule has 18 heavy (non-hydrogen) atoms. The van der Waals surface area contributed by atoms with Crippen molar-refractivity contribution >= 4 is 5.82 Å². The molecule has 0 saturated heterocycles. The van der Waals surface area contributed by atoms with Crippen molar-refractivity contribution in [2.45, 2.75) is 6.61 Å². The van der Waals surface area contributed by atoms with Gasteiger partial charge in [-0.05, 0) is 17.7 Å². The first-order valence-corrected chi connectivity index (χ1v) is 5.57. The summed E-state index contributed by atoms with van der Waals surface area (Å²) >= 11 is 0. The molecule has 0 saturated carbocycles. The van der Waals surface area contributed by atoms with Crippen LogP contribution in [0, 0.1) is 11.3 Å². The van der Waals surface area contributed by atoms with Crippen molar-refractivity contribution in [3.8, 4) is 6.07 Å². The lowest BCUT2D eigenvalue weighted by molar-refractivity contribution is 0.106. The number of hydroxylamine groups is 1. The number of benzene rings is 1. The molecule has 0 aliphatic carbocycles. The Morgan fingerprint density at radius 3 is 2.72 bits per heavy atom. The van der Waals surface area contributed by atoms with Crippen molar-refractivity contribution in [3.05, 3.63) is 59.8 Å². The zero-order valence-corrected chi connectivity index (χ0v) is 10.1. The topological polar surface area (TPSA) is 49.1 Å². The number of anilines is 1. The maximum Gasteiger partial charge on any atom is 0.170 e. The third kappa shape index (κ3) is 2.84. The van der Waals surface area contributed by atoms with Gasteiger partial charge in [0.25, 0.3) is 0 Å². The molecule has 0 aliphatic heterocycles. The smallest absolute Gasteiger partial charge is 0.170 e. The van der Waals surface area contributed by atoms with Crippen LogP contribution in [0.5, 0.6) is 0 Å². The van der Waals surface area contributed by atoms with E-state index in [0.29, 0.717) is 18.0 Å². The second kappa shape index (κ2) is 5.80. The monoisotopic (exact) mass is 239 g/mol. The van der Waals surface area contributed by atoms with Crippen LogP contribution in [0.4, 0.5) is 5.82 Å². The van der Waals surface area contributed by atoms with E-state index in [1.54, 1.807) is 25.4 Å². The maximum absolute atomic E-state index is 8.98. The summed E-state index contributed by atoms with van der Waals surface area (Å²) in [6.07, 6.45) is 1.64. The molecule has 1 aromatic heterocycles. The zero-order chi connectivity index (χ0) is 12.8. The van der Waals surface area contributed by atoms with Crippen molar-refractivity contribution in [1.29, 1.82) is 5.26 Å². The van der Waals surface area contributed by atoms with Gasteiger partial charge in [0, 0.05) is 13.2 Å². The average molecular weight is 239 g/mol. The van der Waals surface area contributed by atoms with E-state index in [2.05, 4.69) is 11.1 Å². The van der Waals surface area contributed by atoms with Crippen LogP contribution in [0.25, 0.3) is 0 Å². The minimum Gasteiger partial charge on any atom is -0.267 e. The van der Waals surface area contributed by atoms with E-state index in [-0.39, 0.29) is 0 Å². The summed E-state index contributed by atoms with van der Waals surface area (Å²) in [5.41, 5.74) is 1.56. The first-order chi connectivity index (χ1) is 8.81. The van der Waals surface area contributed by atoms with Gasteiger partial charge in [-0.1, -0.05) is 30.3 Å². The summed E-state index contributed by atoms with van der Waals surface area (Å²) in [6, 6.07) is 15.4. The fourth-order valence-electron chi connectivity index (χ4n) is 1.54. The van der Waals surface area contributed by atoms with Crippen LogP contribution in [0.2, 0.25) is 0 Å². The summed E-state index contributed by atoms with van der Waals surface area (Å²) in [5.74, 6) is 0.524. The molecule has 0 amide bonds. The lowest BCUT2D eigenvalue weighted by Gasteiger charge is -2.18. The molecule has 0 bridgehead atoms. The third-order valence-corrected chi connectivity index (χ3v) is 2.47. The molecule has 0 radical (unpaired) electrons. The standard InChI is InChI=1S/C14H13N3O/c1-17(14-13(10-15)8-5-9-16-14)18-11-12-6-3-2-4-7-12/h2-9H,11H2,1H3. The fourth-order valence-corrected chi connectivity index (χ4v) is 1.54. The Morgan fingerprint density at radius 1 is 1.22 bits per heavy atom. The minimum absolute atomic E-state index is 0.443. The SMILES string of the molecule is CN(OCc1ccccc1)c1ncccc1C#N. The predicted octanol–water partition coefficient (Wildman–Crippen LogP) is 2.52. The van der Waals surface area contributed by atoms with E-state index >= 15 is 0 Å². The van der Waals surface area contributed by atoms with Crippen molar-refractivity contribution in [1.82, 2.24) is 4.98 Å². The van der Waals surface area contributed by atoms with Crippen LogP contribution in [-0.2, 0) is 11.4 Å². The van der Waals surface area contributed by atoms with Gasteiger partial charge in [-0.3, -0.25) is 4.84 Å². The Morgan fingerprint density at radius 2 is 2.00 bits per heavy atom. The molecule has 4 heteroatoms. The van der Waals surface area contributed by atoms with Crippen molar-refractivity contribution in [2.75, 3.05) is 12.1 Å². The molecule has 2 aromatic rings. The number of aromatic nitrogens is 1. The van der Waals surface area contributed by atoms with E-state index < -0.39 is 0 Å². The molecule has 2 rings (SSSR count). The minimum atomic E-state index is 0.443. The number of nitrogens with zero attached hydrogens (tertiary/aromatic N) is 3. The summed E-state index contributed by atoms with van der Waals surface area (Å²) in [5, 5.41) is 10.5. The molecule has 4 nitrogen and oxygen atoms in total. The molecule has 0 atom stereocenters. The van der Waals surface area contributed by atoms with Crippen LogP contribution in [0.1, 0.15) is 11.1 Å². The number of nitriles is 1. The van der Waals surface area contributed by atoms with Gasteiger partial charge in [0.1, 0.15) is 6.07 Å². The zero-order valence-electron chi connectivity index (χ0n) is 10.1. The Bertz CT molecular complexity index is 548. The number of pyridine rings is 1. The molecule has 0 aliphatic rings. The maximum atomic E-state index is 8.98. The van der Waals surface area contributed by atoms with Crippen LogP contribution < -0.4 is 5.06 Å². The summed E-state index contributed by atoms with van der Waals surface area (Å²) in [6.45, 7) is 0.443. The van der Waals surface area contributed by atoms with Gasteiger partial charge >= 0.3 is 0 Å². The number of hydrogen-bond donors (Lipinski definition) is 0. The number of rotatable bonds is 4. The fraction of sp³-hybridized carbons (Fsp3) is 0.143. The van der Waals surface area contributed by atoms with Crippen LogP contribution in [0.3, 0.4) is 0 Å². The summed E-state index contributed by atoms with van der Waals surface area (Å²) in [4.78, 5) is 9.72. The highest BCUT2D eigenvalue weighted by molar-refractivity contribution is 5.51. The van der Waals surface area contributed by atoms with E-state index in [1.165, 1.54) is 5.06 Å². The molecule has 0 fully saturated rings. The third-order valence-electron chi connectivity index (χ3n) is 2.47. The second-order valence-electron chi connectivity index (χ2n) is 3.74. The van der Waals surface area contributed by atoms with Gasteiger partial charge in [0.2, 0.25) is 0 Å². The average Bonchev–Trinajstić information content (AvgIpc) is 2.45. The first-order valence-electron chi connectivity index (χ1n) is 5.57. The van der Waals surface area contributed by atoms with Crippen LogP contribution >= 0.6 is 0 Å². The molecule has 90 valence electrons. The number of hydrogen-bond acceptors (Lipinski definition) is 4. The second-order valence-corrected chi connectivity index (χ2v) is 3.74. The van der Waals surface area contributed by atoms with Crippen LogP contribution in [-0.4, -0.2) is 12.0 Å².